The number of hydrogen-bond donors (Lipinski definition) is 6. The minimum Gasteiger partial charge on any atom is -0.412 e. The van der Waals surface area contributed by atoms with E-state index in [2.05, 4.69) is 0 Å². The van der Waals surface area contributed by atoms with Gasteiger partial charge in [0.15, 0.2) is 0 Å². The number of rotatable bonds is 0. The van der Waals surface area contributed by atoms with E-state index in [1.54, 1.807) is 0 Å². The zero-order valence-corrected chi connectivity index (χ0v) is 12.2. The van der Waals surface area contributed by atoms with Crippen LogP contribution in [-0.2, 0) is 65.3 Å². The van der Waals surface area contributed by atoms with Gasteiger partial charge in [-0.1, -0.05) is 0 Å². The maximum Gasteiger partial charge on any atom is 0.394 e. The Morgan fingerprint density at radius 2 is 0.444 bits per heavy atom. The second kappa shape index (κ2) is 14.0. The zero-order chi connectivity index (χ0) is 13.5. The van der Waals surface area contributed by atoms with Crippen LogP contribution in [0.1, 0.15) is 0 Å². The Morgan fingerprint density at radius 1 is 0.444 bits per heavy atom. The topological polar surface area (TPSA) is 255 Å². The average molecular weight is 424 g/mol. The van der Waals surface area contributed by atoms with Crippen LogP contribution in [0.4, 0.5) is 0 Å². The third-order valence-electron chi connectivity index (χ3n) is 0. The Hall–Kier alpha value is 0.609. The van der Waals surface area contributed by atoms with Crippen molar-refractivity contribution < 1.29 is 92.2 Å². The molecule has 0 aliphatic heterocycles. The quantitative estimate of drug-likeness (QED) is 0.170. The Morgan fingerprint density at radius 3 is 0.444 bits per heavy atom. The molecule has 18 heteroatoms. The standard InChI is InChI=1S/2Fe.3H2O4S.H2O/c;;3*1-5(2,3)4;/h;;3*(H2,1,2,3,4);1H2. The summed E-state index contributed by atoms with van der Waals surface area (Å²) >= 11 is 0. The fourth-order valence-corrected chi connectivity index (χ4v) is 0. The molecule has 0 rings (SSSR count). The van der Waals surface area contributed by atoms with E-state index < -0.39 is 31.2 Å². The van der Waals surface area contributed by atoms with E-state index in [1.807, 2.05) is 0 Å². The van der Waals surface area contributed by atoms with Gasteiger partial charge >= 0.3 is 31.2 Å². The molecule has 120 valence electrons. The molecule has 0 saturated heterocycles. The van der Waals surface area contributed by atoms with Crippen molar-refractivity contribution in [3.05, 3.63) is 0 Å². The van der Waals surface area contributed by atoms with Crippen LogP contribution < -0.4 is 0 Å². The SMILES string of the molecule is O.O=S(=O)(O)O.O=S(=O)(O)O.O=S(=O)(O)O.[Fe].[Fe]. The molecule has 0 heterocycles. The fourth-order valence-electron chi connectivity index (χ4n) is 0. The second-order valence-corrected chi connectivity index (χ2v) is 4.03. The van der Waals surface area contributed by atoms with Gasteiger partial charge in [-0.3, -0.25) is 27.3 Å². The molecular weight excluding hydrogens is 416 g/mol. The summed E-state index contributed by atoms with van der Waals surface area (Å²) in [5.74, 6) is 0. The first kappa shape index (κ1) is 36.3. The molecule has 0 aromatic heterocycles. The molecule has 0 spiro atoms. The predicted molar refractivity (Wildman–Crippen MR) is 46.1 cm³/mol. The van der Waals surface area contributed by atoms with E-state index in [9.17, 15) is 0 Å². The van der Waals surface area contributed by atoms with Crippen LogP contribution in [0.25, 0.3) is 0 Å². The van der Waals surface area contributed by atoms with Crippen LogP contribution in [0.5, 0.6) is 0 Å². The van der Waals surface area contributed by atoms with Crippen molar-refractivity contribution in [1.29, 1.82) is 0 Å². The molecule has 0 aromatic rings. The fraction of sp³-hybridized carbons (Fsp3) is 0. The summed E-state index contributed by atoms with van der Waals surface area (Å²) in [5, 5.41) is 0. The predicted octanol–water partition coefficient (Wildman–Crippen LogP) is -2.79. The van der Waals surface area contributed by atoms with E-state index in [1.165, 1.54) is 0 Å². The molecule has 0 bridgehead atoms. The van der Waals surface area contributed by atoms with Crippen LogP contribution in [0, 0.1) is 0 Å². The van der Waals surface area contributed by atoms with Gasteiger partial charge in [0.2, 0.25) is 0 Å². The van der Waals surface area contributed by atoms with Gasteiger partial charge in [-0.15, -0.1) is 0 Å². The molecule has 0 aliphatic carbocycles. The monoisotopic (exact) mass is 424 g/mol. The molecule has 8 N–H and O–H groups in total. The third kappa shape index (κ3) is 10900. The molecule has 0 unspecified atom stereocenters. The molecule has 0 radical (unpaired) electrons. The van der Waals surface area contributed by atoms with E-state index in [0.717, 1.165) is 0 Å². The first-order valence-electron chi connectivity index (χ1n) is 2.10. The van der Waals surface area contributed by atoms with Gasteiger partial charge < -0.3 is 5.48 Å². The Balaban J connectivity index is -0.0000000277. The van der Waals surface area contributed by atoms with Crippen LogP contribution in [0.15, 0.2) is 0 Å². The average Bonchev–Trinajstić information content (AvgIpc) is 1.41. The number of hydrogen-bond acceptors (Lipinski definition) is 6. The van der Waals surface area contributed by atoms with Crippen molar-refractivity contribution in [2.24, 2.45) is 0 Å². The van der Waals surface area contributed by atoms with Crippen molar-refractivity contribution in [3.63, 3.8) is 0 Å². The van der Waals surface area contributed by atoms with Crippen molar-refractivity contribution >= 4 is 31.2 Å². The van der Waals surface area contributed by atoms with Gasteiger partial charge in [-0.25, -0.2) is 0 Å². The van der Waals surface area contributed by atoms with Crippen LogP contribution in [-0.4, -0.2) is 58.0 Å². The largest absolute Gasteiger partial charge is 0.412 e. The van der Waals surface area contributed by atoms with Gasteiger partial charge in [0.1, 0.15) is 0 Å². The second-order valence-electron chi connectivity index (χ2n) is 1.34. The van der Waals surface area contributed by atoms with Gasteiger partial charge in [0.05, 0.1) is 0 Å². The Kier molecular flexibility index (Phi) is 28.3. The molecule has 0 aliphatic rings. The molecule has 13 nitrogen and oxygen atoms in total. The summed E-state index contributed by atoms with van der Waals surface area (Å²) in [6.45, 7) is 0. The Bertz CT molecular complexity index is 341. The normalized spacial score (nSPS) is 9.67. The minimum atomic E-state index is -4.67. The van der Waals surface area contributed by atoms with Crippen molar-refractivity contribution in [2.45, 2.75) is 0 Å². The van der Waals surface area contributed by atoms with Gasteiger partial charge in [-0.2, -0.15) is 25.3 Å². The van der Waals surface area contributed by atoms with Crippen molar-refractivity contribution in [1.82, 2.24) is 0 Å². The molecule has 18 heavy (non-hydrogen) atoms. The molecule has 0 fully saturated rings. The van der Waals surface area contributed by atoms with Crippen LogP contribution >= 0.6 is 0 Å². The molecular formula is H8Fe2O13S3. The van der Waals surface area contributed by atoms with Crippen LogP contribution in [0.2, 0.25) is 0 Å². The first-order chi connectivity index (χ1) is 6.00. The van der Waals surface area contributed by atoms with Crippen molar-refractivity contribution in [3.8, 4) is 0 Å². The summed E-state index contributed by atoms with van der Waals surface area (Å²) < 4.78 is 94.8. The smallest absolute Gasteiger partial charge is 0.394 e. The van der Waals surface area contributed by atoms with E-state index in [-0.39, 0.29) is 39.6 Å². The van der Waals surface area contributed by atoms with Gasteiger partial charge in [0.25, 0.3) is 0 Å². The van der Waals surface area contributed by atoms with Crippen molar-refractivity contribution in [2.75, 3.05) is 0 Å². The summed E-state index contributed by atoms with van der Waals surface area (Å²) in [5.41, 5.74) is 0. The molecule has 0 aromatic carbocycles. The molecule has 0 atom stereocenters. The minimum absolute atomic E-state index is 0. The molecule has 0 amide bonds. The maximum atomic E-state index is 8.74. The molecule has 0 saturated carbocycles. The summed E-state index contributed by atoms with van der Waals surface area (Å²) in [6.07, 6.45) is 0. The van der Waals surface area contributed by atoms with Gasteiger partial charge in [-0.05, 0) is 0 Å². The third-order valence-corrected chi connectivity index (χ3v) is 0. The first-order valence-corrected chi connectivity index (χ1v) is 6.29. The van der Waals surface area contributed by atoms with Gasteiger partial charge in [0, 0.05) is 34.1 Å². The zero-order valence-electron chi connectivity index (χ0n) is 7.56. The summed E-state index contributed by atoms with van der Waals surface area (Å²) in [4.78, 5) is 0. The maximum absolute atomic E-state index is 8.74. The van der Waals surface area contributed by atoms with E-state index in [4.69, 9.17) is 52.6 Å². The van der Waals surface area contributed by atoms with E-state index in [0.29, 0.717) is 0 Å². The summed E-state index contributed by atoms with van der Waals surface area (Å²) in [7, 11) is -14.0. The van der Waals surface area contributed by atoms with E-state index >= 15 is 0 Å². The Labute approximate surface area is 123 Å². The van der Waals surface area contributed by atoms with Crippen LogP contribution in [0.3, 0.4) is 0 Å². The summed E-state index contributed by atoms with van der Waals surface area (Å²) in [6, 6.07) is 0.